The molecule has 0 bridgehead atoms. The van der Waals surface area contributed by atoms with Crippen molar-refractivity contribution < 1.29 is 4.74 Å². The molecule has 2 heterocycles. The highest BCUT2D eigenvalue weighted by atomic mass is 32.2. The number of rotatable bonds is 3. The normalized spacial score (nSPS) is 44.8. The van der Waals surface area contributed by atoms with Gasteiger partial charge in [0, 0.05) is 18.4 Å². The van der Waals surface area contributed by atoms with E-state index < -0.39 is 0 Å². The van der Waals surface area contributed by atoms with E-state index in [1.165, 1.54) is 56.6 Å². The van der Waals surface area contributed by atoms with E-state index in [-0.39, 0.29) is 5.60 Å². The molecule has 0 radical (unpaired) electrons. The highest BCUT2D eigenvalue weighted by Gasteiger charge is 2.40. The minimum Gasteiger partial charge on any atom is -0.374 e. The summed E-state index contributed by atoms with van der Waals surface area (Å²) in [4.78, 5) is 0. The standard InChI is InChI=1S/C15H27NOS/c1-12-2-3-13(8-12)10-16-14-4-6-17-15(9-14)5-7-18-11-15/h12-14,16H,2-11H2,1H3. The van der Waals surface area contributed by atoms with E-state index in [0.717, 1.165) is 18.4 Å². The lowest BCUT2D eigenvalue weighted by molar-refractivity contribution is -0.0703. The zero-order valence-electron chi connectivity index (χ0n) is 11.6. The van der Waals surface area contributed by atoms with Crippen LogP contribution in [0, 0.1) is 11.8 Å². The Morgan fingerprint density at radius 2 is 2.28 bits per heavy atom. The molecule has 3 heteroatoms. The second-order valence-electron chi connectivity index (χ2n) is 6.72. The van der Waals surface area contributed by atoms with Gasteiger partial charge in [0.2, 0.25) is 0 Å². The molecule has 4 atom stereocenters. The fourth-order valence-corrected chi connectivity index (χ4v) is 5.29. The van der Waals surface area contributed by atoms with E-state index in [0.29, 0.717) is 6.04 Å². The quantitative estimate of drug-likeness (QED) is 0.851. The largest absolute Gasteiger partial charge is 0.374 e. The minimum absolute atomic E-state index is 0.240. The summed E-state index contributed by atoms with van der Waals surface area (Å²) in [7, 11) is 0. The lowest BCUT2D eigenvalue weighted by Gasteiger charge is -2.38. The Morgan fingerprint density at radius 1 is 1.33 bits per heavy atom. The van der Waals surface area contributed by atoms with Crippen molar-refractivity contribution in [1.29, 1.82) is 0 Å². The van der Waals surface area contributed by atoms with Gasteiger partial charge in [-0.3, -0.25) is 0 Å². The van der Waals surface area contributed by atoms with Gasteiger partial charge < -0.3 is 10.1 Å². The Balaban J connectivity index is 1.45. The van der Waals surface area contributed by atoms with Crippen LogP contribution in [0.25, 0.3) is 0 Å². The topological polar surface area (TPSA) is 21.3 Å². The van der Waals surface area contributed by atoms with Crippen molar-refractivity contribution in [2.45, 2.75) is 57.1 Å². The smallest absolute Gasteiger partial charge is 0.0795 e. The molecule has 1 spiro atoms. The van der Waals surface area contributed by atoms with E-state index in [1.807, 2.05) is 0 Å². The molecule has 4 unspecified atom stereocenters. The first-order chi connectivity index (χ1) is 8.76. The minimum atomic E-state index is 0.240. The van der Waals surface area contributed by atoms with Gasteiger partial charge in [0.25, 0.3) is 0 Å². The van der Waals surface area contributed by atoms with Crippen LogP contribution >= 0.6 is 11.8 Å². The molecular formula is C15H27NOS. The Morgan fingerprint density at radius 3 is 3.00 bits per heavy atom. The number of thioether (sulfide) groups is 1. The molecule has 0 aromatic carbocycles. The Hall–Kier alpha value is 0.270. The molecule has 0 aromatic heterocycles. The summed E-state index contributed by atoms with van der Waals surface area (Å²) in [6.07, 6.45) is 8.07. The average molecular weight is 269 g/mol. The first kappa shape index (κ1) is 13.3. The van der Waals surface area contributed by atoms with Gasteiger partial charge in [-0.25, -0.2) is 0 Å². The first-order valence-electron chi connectivity index (χ1n) is 7.71. The predicted molar refractivity (Wildman–Crippen MR) is 78.2 cm³/mol. The molecule has 3 rings (SSSR count). The van der Waals surface area contributed by atoms with Crippen molar-refractivity contribution in [3.8, 4) is 0 Å². The molecule has 0 amide bonds. The van der Waals surface area contributed by atoms with Gasteiger partial charge in [-0.15, -0.1) is 0 Å². The molecule has 2 saturated heterocycles. The third kappa shape index (κ3) is 3.05. The van der Waals surface area contributed by atoms with Crippen LogP contribution in [0.3, 0.4) is 0 Å². The van der Waals surface area contributed by atoms with Crippen LogP contribution < -0.4 is 5.32 Å². The van der Waals surface area contributed by atoms with Crippen LogP contribution in [0.5, 0.6) is 0 Å². The van der Waals surface area contributed by atoms with Gasteiger partial charge in [-0.1, -0.05) is 13.3 Å². The average Bonchev–Trinajstić information content (AvgIpc) is 2.97. The van der Waals surface area contributed by atoms with Gasteiger partial charge in [0.1, 0.15) is 0 Å². The molecule has 18 heavy (non-hydrogen) atoms. The molecule has 1 saturated carbocycles. The maximum atomic E-state index is 6.08. The lowest BCUT2D eigenvalue weighted by atomic mass is 9.89. The van der Waals surface area contributed by atoms with E-state index in [9.17, 15) is 0 Å². The summed E-state index contributed by atoms with van der Waals surface area (Å²) in [6, 6.07) is 0.716. The Bertz CT molecular complexity index is 278. The van der Waals surface area contributed by atoms with Gasteiger partial charge in [0.15, 0.2) is 0 Å². The maximum absolute atomic E-state index is 6.08. The molecule has 1 aliphatic carbocycles. The number of hydrogen-bond donors (Lipinski definition) is 1. The van der Waals surface area contributed by atoms with Gasteiger partial charge in [-0.05, 0) is 56.2 Å². The highest BCUT2D eigenvalue weighted by Crippen LogP contribution is 2.38. The lowest BCUT2D eigenvalue weighted by Crippen LogP contribution is -2.48. The zero-order chi connectivity index (χ0) is 12.4. The van der Waals surface area contributed by atoms with E-state index in [1.54, 1.807) is 0 Å². The van der Waals surface area contributed by atoms with Crippen LogP contribution in [0.1, 0.15) is 45.4 Å². The molecular weight excluding hydrogens is 242 g/mol. The van der Waals surface area contributed by atoms with Crippen LogP contribution in [0.15, 0.2) is 0 Å². The van der Waals surface area contributed by atoms with Crippen LogP contribution in [0.4, 0.5) is 0 Å². The van der Waals surface area contributed by atoms with Crippen LogP contribution in [0.2, 0.25) is 0 Å². The van der Waals surface area contributed by atoms with Gasteiger partial charge >= 0.3 is 0 Å². The number of nitrogens with one attached hydrogen (secondary N) is 1. The molecule has 1 N–H and O–H groups in total. The van der Waals surface area contributed by atoms with Crippen molar-refractivity contribution in [3.63, 3.8) is 0 Å². The second-order valence-corrected chi connectivity index (χ2v) is 7.82. The van der Waals surface area contributed by atoms with Gasteiger partial charge in [-0.2, -0.15) is 11.8 Å². The summed E-state index contributed by atoms with van der Waals surface area (Å²) in [5, 5.41) is 3.85. The van der Waals surface area contributed by atoms with Crippen LogP contribution in [-0.4, -0.2) is 36.3 Å². The molecule has 3 fully saturated rings. The SMILES string of the molecule is CC1CCC(CNC2CCOC3(CCSC3)C2)C1. The van der Waals surface area contributed by atoms with E-state index >= 15 is 0 Å². The Labute approximate surface area is 116 Å². The molecule has 3 aliphatic rings. The summed E-state index contributed by atoms with van der Waals surface area (Å²) < 4.78 is 6.08. The Kier molecular flexibility index (Phi) is 4.21. The third-order valence-electron chi connectivity index (χ3n) is 5.06. The van der Waals surface area contributed by atoms with E-state index in [4.69, 9.17) is 4.74 Å². The highest BCUT2D eigenvalue weighted by molar-refractivity contribution is 7.99. The second kappa shape index (κ2) is 5.72. The van der Waals surface area contributed by atoms with Crippen molar-refractivity contribution in [2.75, 3.05) is 24.7 Å². The predicted octanol–water partition coefficient (Wildman–Crippen LogP) is 3.07. The fraction of sp³-hybridized carbons (Fsp3) is 1.00. The zero-order valence-corrected chi connectivity index (χ0v) is 12.4. The molecule has 0 aromatic rings. The van der Waals surface area contributed by atoms with Gasteiger partial charge in [0.05, 0.1) is 5.60 Å². The van der Waals surface area contributed by atoms with Crippen molar-refractivity contribution in [1.82, 2.24) is 5.32 Å². The van der Waals surface area contributed by atoms with Crippen LogP contribution in [-0.2, 0) is 4.74 Å². The summed E-state index contributed by atoms with van der Waals surface area (Å²) in [6.45, 7) is 4.62. The third-order valence-corrected chi connectivity index (χ3v) is 6.28. The van der Waals surface area contributed by atoms with Crippen molar-refractivity contribution in [2.24, 2.45) is 11.8 Å². The van der Waals surface area contributed by atoms with Crippen molar-refractivity contribution >= 4 is 11.8 Å². The summed E-state index contributed by atoms with van der Waals surface area (Å²) in [5.41, 5.74) is 0.240. The number of ether oxygens (including phenoxy) is 1. The van der Waals surface area contributed by atoms with E-state index in [2.05, 4.69) is 24.0 Å². The van der Waals surface area contributed by atoms with Crippen molar-refractivity contribution in [3.05, 3.63) is 0 Å². The maximum Gasteiger partial charge on any atom is 0.0795 e. The molecule has 2 nitrogen and oxygen atoms in total. The summed E-state index contributed by atoms with van der Waals surface area (Å²) >= 11 is 2.07. The fourth-order valence-electron chi connectivity index (χ4n) is 3.91. The monoisotopic (exact) mass is 269 g/mol. The first-order valence-corrected chi connectivity index (χ1v) is 8.86. The number of hydrogen-bond acceptors (Lipinski definition) is 3. The summed E-state index contributed by atoms with van der Waals surface area (Å²) in [5.74, 6) is 4.43. The molecule has 104 valence electrons. The molecule has 2 aliphatic heterocycles.